The second-order valence-electron chi connectivity index (χ2n) is 7.77. The maximum Gasteiger partial charge on any atom is 0.291 e. The van der Waals surface area contributed by atoms with Crippen LogP contribution in [0.2, 0.25) is 5.02 Å². The summed E-state index contributed by atoms with van der Waals surface area (Å²) < 4.78 is 16.8. The van der Waals surface area contributed by atoms with Crippen molar-refractivity contribution in [2.45, 2.75) is 13.5 Å². The van der Waals surface area contributed by atoms with Crippen molar-refractivity contribution < 1.29 is 28.5 Å². The molecule has 0 saturated heterocycles. The average molecular weight is 524 g/mol. The first-order valence-corrected chi connectivity index (χ1v) is 11.1. The molecule has 4 rings (SSSR count). The summed E-state index contributed by atoms with van der Waals surface area (Å²) in [5.74, 6) is 0.419. The van der Waals surface area contributed by atoms with Gasteiger partial charge in [0.2, 0.25) is 0 Å². The van der Waals surface area contributed by atoms with Crippen molar-refractivity contribution in [3.05, 3.63) is 115 Å². The van der Waals surface area contributed by atoms with Crippen LogP contribution in [0.15, 0.2) is 77.2 Å². The Morgan fingerprint density at radius 3 is 2.43 bits per heavy atom. The van der Waals surface area contributed by atoms with Gasteiger partial charge in [-0.05, 0) is 42.8 Å². The number of aryl methyl sites for hydroxylation is 1. The fourth-order valence-electron chi connectivity index (χ4n) is 3.27. The molecule has 11 nitrogen and oxygen atoms in total. The second kappa shape index (κ2) is 10.8. The highest BCUT2D eigenvalue weighted by molar-refractivity contribution is 6.32. The number of rotatable bonds is 9. The third-order valence-corrected chi connectivity index (χ3v) is 5.26. The number of carbonyl (C=O) groups excluding carboxylic acids is 1. The van der Waals surface area contributed by atoms with Gasteiger partial charge >= 0.3 is 0 Å². The Morgan fingerprint density at radius 2 is 1.73 bits per heavy atom. The number of carbonyl (C=O) groups is 1. The number of nitro benzene ring substituents is 2. The lowest BCUT2D eigenvalue weighted by molar-refractivity contribution is -0.385. The number of hydrogen-bond acceptors (Lipinski definition) is 8. The summed E-state index contributed by atoms with van der Waals surface area (Å²) in [7, 11) is 0. The van der Waals surface area contributed by atoms with Crippen LogP contribution < -0.4 is 14.8 Å². The van der Waals surface area contributed by atoms with E-state index in [0.29, 0.717) is 5.75 Å². The lowest BCUT2D eigenvalue weighted by Gasteiger charge is -2.09. The van der Waals surface area contributed by atoms with Gasteiger partial charge in [0.15, 0.2) is 5.76 Å². The molecule has 0 aliphatic rings. The number of benzene rings is 3. The first-order chi connectivity index (χ1) is 17.7. The van der Waals surface area contributed by atoms with E-state index < -0.39 is 15.8 Å². The van der Waals surface area contributed by atoms with Gasteiger partial charge < -0.3 is 19.2 Å². The Bertz CT molecular complexity index is 1500. The summed E-state index contributed by atoms with van der Waals surface area (Å²) in [6, 6.07) is 17.7. The van der Waals surface area contributed by atoms with Crippen LogP contribution in [-0.2, 0) is 6.61 Å². The van der Waals surface area contributed by atoms with E-state index in [-0.39, 0.29) is 51.7 Å². The lowest BCUT2D eigenvalue weighted by atomic mass is 10.2. The number of non-ortho nitro benzene ring substituents is 2. The average Bonchev–Trinajstić information content (AvgIpc) is 3.32. The van der Waals surface area contributed by atoms with Gasteiger partial charge in [-0.3, -0.25) is 25.0 Å². The number of amides is 1. The van der Waals surface area contributed by atoms with E-state index in [4.69, 9.17) is 25.5 Å². The maximum absolute atomic E-state index is 12.7. The highest BCUT2D eigenvalue weighted by atomic mass is 35.5. The molecule has 1 heterocycles. The fraction of sp³-hybridized carbons (Fsp3) is 0.0800. The largest absolute Gasteiger partial charge is 0.484 e. The monoisotopic (exact) mass is 523 g/mol. The van der Waals surface area contributed by atoms with Gasteiger partial charge in [-0.15, -0.1) is 0 Å². The zero-order valence-electron chi connectivity index (χ0n) is 19.2. The molecule has 12 heteroatoms. The number of furan rings is 1. The van der Waals surface area contributed by atoms with Gasteiger partial charge in [-0.25, -0.2) is 0 Å². The van der Waals surface area contributed by atoms with Crippen molar-refractivity contribution in [3.8, 4) is 17.2 Å². The van der Waals surface area contributed by atoms with E-state index in [1.54, 1.807) is 18.2 Å². The first kappa shape index (κ1) is 25.2. The van der Waals surface area contributed by atoms with Crippen molar-refractivity contribution in [2.24, 2.45) is 0 Å². The summed E-state index contributed by atoms with van der Waals surface area (Å²) in [6.07, 6.45) is 0. The van der Waals surface area contributed by atoms with Crippen molar-refractivity contribution in [1.29, 1.82) is 0 Å². The molecule has 3 aromatic carbocycles. The Kier molecular flexibility index (Phi) is 7.35. The Morgan fingerprint density at radius 1 is 0.946 bits per heavy atom. The Hall–Kier alpha value is -4.90. The minimum atomic E-state index is -0.651. The van der Waals surface area contributed by atoms with E-state index >= 15 is 0 Å². The topological polar surface area (TPSA) is 147 Å². The van der Waals surface area contributed by atoms with E-state index in [1.165, 1.54) is 42.5 Å². The molecule has 4 aromatic rings. The number of anilines is 1. The van der Waals surface area contributed by atoms with Gasteiger partial charge in [-0.2, -0.15) is 0 Å². The van der Waals surface area contributed by atoms with Gasteiger partial charge in [0.05, 0.1) is 26.6 Å². The van der Waals surface area contributed by atoms with Crippen LogP contribution >= 0.6 is 11.6 Å². The van der Waals surface area contributed by atoms with Crippen molar-refractivity contribution in [3.63, 3.8) is 0 Å². The van der Waals surface area contributed by atoms with Gasteiger partial charge in [-0.1, -0.05) is 23.7 Å². The van der Waals surface area contributed by atoms with Crippen molar-refractivity contribution in [1.82, 2.24) is 0 Å². The number of nitro groups is 2. The normalized spacial score (nSPS) is 10.5. The predicted octanol–water partition coefficient (Wildman–Crippen LogP) is 6.68. The molecule has 0 radical (unpaired) electrons. The number of nitrogens with one attached hydrogen (secondary N) is 1. The predicted molar refractivity (Wildman–Crippen MR) is 133 cm³/mol. The van der Waals surface area contributed by atoms with E-state index in [1.807, 2.05) is 13.0 Å². The molecule has 0 bridgehead atoms. The van der Waals surface area contributed by atoms with Crippen LogP contribution in [0.1, 0.15) is 21.9 Å². The lowest BCUT2D eigenvalue weighted by Crippen LogP contribution is -2.11. The molecule has 0 unspecified atom stereocenters. The molecule has 0 fully saturated rings. The molecule has 1 amide bonds. The zero-order chi connectivity index (χ0) is 26.5. The molecular weight excluding hydrogens is 506 g/mol. The summed E-state index contributed by atoms with van der Waals surface area (Å²) in [5, 5.41) is 24.8. The molecule has 0 aliphatic carbocycles. The first-order valence-electron chi connectivity index (χ1n) is 10.7. The van der Waals surface area contributed by atoms with Gasteiger partial charge in [0, 0.05) is 24.3 Å². The molecule has 0 aliphatic heterocycles. The minimum absolute atomic E-state index is 0.0491. The Balaban J connectivity index is 1.45. The second-order valence-corrected chi connectivity index (χ2v) is 8.18. The third-order valence-electron chi connectivity index (χ3n) is 4.97. The number of halogens is 1. The van der Waals surface area contributed by atoms with Gasteiger partial charge in [0.25, 0.3) is 17.3 Å². The SMILES string of the molecule is Cc1cccc(Oc2cc(NC(=O)c3ccc(COc4ccc([N+](=O)[O-])cc4Cl)o3)cc([N+](=O)[O-])c2)c1. The summed E-state index contributed by atoms with van der Waals surface area (Å²) in [4.78, 5) is 33.8. The van der Waals surface area contributed by atoms with E-state index in [9.17, 15) is 25.0 Å². The number of ether oxygens (including phenoxy) is 2. The van der Waals surface area contributed by atoms with Crippen molar-refractivity contribution in [2.75, 3.05) is 5.32 Å². The van der Waals surface area contributed by atoms with Gasteiger partial charge in [0.1, 0.15) is 29.6 Å². The molecule has 1 N–H and O–H groups in total. The molecule has 188 valence electrons. The van der Waals surface area contributed by atoms with Crippen LogP contribution in [0.25, 0.3) is 0 Å². The quantitative estimate of drug-likeness (QED) is 0.188. The smallest absolute Gasteiger partial charge is 0.291 e. The molecule has 0 spiro atoms. The number of nitrogens with zero attached hydrogens (tertiary/aromatic N) is 2. The van der Waals surface area contributed by atoms with Crippen molar-refractivity contribution >= 4 is 34.6 Å². The minimum Gasteiger partial charge on any atom is -0.484 e. The molecule has 0 saturated carbocycles. The standard InChI is InChI=1S/C25H18ClN3O8/c1-15-3-2-4-19(9-15)36-21-11-16(10-18(12-21)29(33)34)27-25(30)24-8-6-20(37-24)14-35-23-7-5-17(28(31)32)13-22(23)26/h2-13H,14H2,1H3,(H,27,30). The highest BCUT2D eigenvalue weighted by Crippen LogP contribution is 2.31. The summed E-state index contributed by atoms with van der Waals surface area (Å²) in [5.41, 5.74) is 0.635. The molecule has 37 heavy (non-hydrogen) atoms. The zero-order valence-corrected chi connectivity index (χ0v) is 19.9. The van der Waals surface area contributed by atoms with Crippen LogP contribution in [0.5, 0.6) is 17.2 Å². The number of hydrogen-bond donors (Lipinski definition) is 1. The molecule has 0 atom stereocenters. The summed E-state index contributed by atoms with van der Waals surface area (Å²) in [6.45, 7) is 1.78. The molecular formula is C25H18ClN3O8. The molecule has 1 aromatic heterocycles. The van der Waals surface area contributed by atoms with Crippen LogP contribution in [0.4, 0.5) is 17.1 Å². The van der Waals surface area contributed by atoms with Crippen LogP contribution in [-0.4, -0.2) is 15.8 Å². The fourth-order valence-corrected chi connectivity index (χ4v) is 3.50. The Labute approximate surface area is 214 Å². The summed E-state index contributed by atoms with van der Waals surface area (Å²) >= 11 is 6.01. The van der Waals surface area contributed by atoms with Crippen LogP contribution in [0, 0.1) is 27.2 Å². The van der Waals surface area contributed by atoms with Crippen LogP contribution in [0.3, 0.4) is 0 Å². The third kappa shape index (κ3) is 6.41. The van der Waals surface area contributed by atoms with E-state index in [0.717, 1.165) is 11.6 Å². The highest BCUT2D eigenvalue weighted by Gasteiger charge is 2.17. The van der Waals surface area contributed by atoms with E-state index in [2.05, 4.69) is 5.32 Å². The maximum atomic E-state index is 12.7.